The Morgan fingerprint density at radius 3 is 2.67 bits per heavy atom. The van der Waals surface area contributed by atoms with Gasteiger partial charge in [-0.25, -0.2) is 0 Å². The lowest BCUT2D eigenvalue weighted by atomic mass is 10.1. The van der Waals surface area contributed by atoms with Gasteiger partial charge in [0.2, 0.25) is 5.91 Å². The molecule has 1 aromatic heterocycles. The van der Waals surface area contributed by atoms with Crippen LogP contribution >= 0.6 is 0 Å². The number of carbonyl (C=O) groups excluding carboxylic acids is 2. The van der Waals surface area contributed by atoms with Crippen LogP contribution in [0.4, 0.5) is 5.69 Å². The maximum Gasteiger partial charge on any atom is 0.228 e. The van der Waals surface area contributed by atoms with E-state index >= 15 is 0 Å². The summed E-state index contributed by atoms with van der Waals surface area (Å²) in [5.41, 5.74) is 3.22. The minimum absolute atomic E-state index is 0.0105. The number of hydrogen-bond acceptors (Lipinski definition) is 3. The molecule has 1 aliphatic rings. The zero-order valence-electron chi connectivity index (χ0n) is 15.2. The molecule has 3 aromatic rings. The molecule has 1 amide bonds. The van der Waals surface area contributed by atoms with E-state index in [-0.39, 0.29) is 30.1 Å². The Balaban J connectivity index is 1.59. The van der Waals surface area contributed by atoms with E-state index in [1.807, 2.05) is 41.1 Å². The summed E-state index contributed by atoms with van der Waals surface area (Å²) in [6, 6.07) is 15.6. The maximum absolute atomic E-state index is 12.7. The van der Waals surface area contributed by atoms with Crippen molar-refractivity contribution in [2.75, 3.05) is 11.9 Å². The highest BCUT2D eigenvalue weighted by molar-refractivity contribution is 6.09. The van der Waals surface area contributed by atoms with Crippen molar-refractivity contribution in [3.8, 4) is 0 Å². The Labute approximate surface area is 157 Å². The van der Waals surface area contributed by atoms with Crippen molar-refractivity contribution in [3.63, 3.8) is 0 Å². The number of anilines is 1. The van der Waals surface area contributed by atoms with E-state index in [1.54, 1.807) is 6.07 Å². The molecule has 4 rings (SSSR count). The van der Waals surface area contributed by atoms with Gasteiger partial charge in [0.15, 0.2) is 5.78 Å². The number of ketones is 1. The van der Waals surface area contributed by atoms with Crippen molar-refractivity contribution in [1.82, 2.24) is 4.57 Å². The third kappa shape index (κ3) is 3.38. The number of Topliss-reactive ketones (excluding diaryl/α,β-unsaturated/α-hetero) is 1. The molecule has 0 radical (unpaired) electrons. The van der Waals surface area contributed by atoms with E-state index < -0.39 is 0 Å². The summed E-state index contributed by atoms with van der Waals surface area (Å²) in [5.74, 6) is 0.165. The number of fused-ring (bicyclic) bond motifs is 1. The highest BCUT2D eigenvalue weighted by atomic mass is 16.3. The Morgan fingerprint density at radius 2 is 1.96 bits per heavy atom. The molecule has 1 fully saturated rings. The lowest BCUT2D eigenvalue weighted by Crippen LogP contribution is -2.15. The smallest absolute Gasteiger partial charge is 0.228 e. The fraction of sp³-hybridized carbons (Fsp3) is 0.273. The quantitative estimate of drug-likeness (QED) is 0.659. The summed E-state index contributed by atoms with van der Waals surface area (Å²) in [6.07, 6.45) is 2.70. The molecule has 2 atom stereocenters. The Morgan fingerprint density at radius 1 is 1.19 bits per heavy atom. The van der Waals surface area contributed by atoms with Gasteiger partial charge in [-0.05, 0) is 43.0 Å². The number of aliphatic hydroxyl groups is 1. The molecule has 1 saturated carbocycles. The van der Waals surface area contributed by atoms with Crippen LogP contribution in [0, 0.1) is 5.92 Å². The van der Waals surface area contributed by atoms with Gasteiger partial charge in [-0.3, -0.25) is 9.59 Å². The fourth-order valence-electron chi connectivity index (χ4n) is 3.75. The number of hydrogen-bond donors (Lipinski definition) is 2. The van der Waals surface area contributed by atoms with Crippen LogP contribution in [0.25, 0.3) is 10.9 Å². The average Bonchev–Trinajstić information content (AvgIpc) is 3.38. The topological polar surface area (TPSA) is 71.3 Å². The van der Waals surface area contributed by atoms with Crippen molar-refractivity contribution in [3.05, 3.63) is 65.9 Å². The van der Waals surface area contributed by atoms with Gasteiger partial charge in [-0.1, -0.05) is 30.3 Å². The number of amides is 1. The number of benzene rings is 2. The molecule has 2 aromatic carbocycles. The first-order valence-corrected chi connectivity index (χ1v) is 9.19. The maximum atomic E-state index is 12.7. The predicted molar refractivity (Wildman–Crippen MR) is 105 cm³/mol. The molecule has 0 spiro atoms. The van der Waals surface area contributed by atoms with Crippen LogP contribution in [-0.2, 0) is 11.3 Å². The van der Waals surface area contributed by atoms with Gasteiger partial charge >= 0.3 is 0 Å². The third-order valence-corrected chi connectivity index (χ3v) is 5.23. The number of nitrogens with zero attached hydrogens (tertiary/aromatic N) is 1. The second-order valence-electron chi connectivity index (χ2n) is 7.09. The van der Waals surface area contributed by atoms with Gasteiger partial charge in [-0.2, -0.15) is 0 Å². The number of rotatable bonds is 6. The van der Waals surface area contributed by atoms with Crippen LogP contribution in [-0.4, -0.2) is 28.0 Å². The van der Waals surface area contributed by atoms with E-state index in [4.69, 9.17) is 0 Å². The first kappa shape index (κ1) is 17.5. The zero-order chi connectivity index (χ0) is 19.0. The summed E-state index contributed by atoms with van der Waals surface area (Å²) < 4.78 is 1.89. The lowest BCUT2D eigenvalue weighted by Gasteiger charge is -2.10. The van der Waals surface area contributed by atoms with Crippen molar-refractivity contribution in [2.24, 2.45) is 5.92 Å². The van der Waals surface area contributed by atoms with Crippen LogP contribution in [0.3, 0.4) is 0 Å². The second-order valence-corrected chi connectivity index (χ2v) is 7.09. The summed E-state index contributed by atoms with van der Waals surface area (Å²) in [4.78, 5) is 24.8. The molecular weight excluding hydrogens is 340 g/mol. The molecule has 2 unspecified atom stereocenters. The molecule has 5 heteroatoms. The van der Waals surface area contributed by atoms with Gasteiger partial charge in [-0.15, -0.1) is 0 Å². The van der Waals surface area contributed by atoms with Crippen molar-refractivity contribution >= 4 is 28.3 Å². The third-order valence-electron chi connectivity index (χ3n) is 5.23. The number of carbonyl (C=O) groups is 2. The average molecular weight is 362 g/mol. The van der Waals surface area contributed by atoms with E-state index in [9.17, 15) is 14.7 Å². The minimum Gasteiger partial charge on any atom is -0.395 e. The van der Waals surface area contributed by atoms with Crippen LogP contribution in [0.15, 0.2) is 54.7 Å². The molecule has 5 nitrogen and oxygen atoms in total. The molecule has 1 aliphatic carbocycles. The Bertz CT molecular complexity index is 1010. The Hall–Kier alpha value is -2.92. The predicted octanol–water partition coefficient (Wildman–Crippen LogP) is 3.58. The van der Waals surface area contributed by atoms with Crippen molar-refractivity contribution in [1.29, 1.82) is 0 Å². The van der Waals surface area contributed by atoms with Gasteiger partial charge in [0, 0.05) is 35.3 Å². The summed E-state index contributed by atoms with van der Waals surface area (Å²) >= 11 is 0. The van der Waals surface area contributed by atoms with Crippen LogP contribution in [0.1, 0.15) is 35.2 Å². The number of aliphatic hydroxyl groups excluding tert-OH is 1. The first-order chi connectivity index (χ1) is 13.1. The molecule has 0 aliphatic heterocycles. The number of aromatic nitrogens is 1. The van der Waals surface area contributed by atoms with Gasteiger partial charge in [0.25, 0.3) is 0 Å². The molecule has 0 saturated heterocycles. The summed E-state index contributed by atoms with van der Waals surface area (Å²) in [5, 5.41) is 13.1. The molecule has 0 bridgehead atoms. The fourth-order valence-corrected chi connectivity index (χ4v) is 3.75. The highest BCUT2D eigenvalue weighted by Crippen LogP contribution is 2.48. The molecule has 1 heterocycles. The van der Waals surface area contributed by atoms with Gasteiger partial charge < -0.3 is 15.0 Å². The van der Waals surface area contributed by atoms with Crippen molar-refractivity contribution < 1.29 is 14.7 Å². The molecule has 138 valence electrons. The summed E-state index contributed by atoms with van der Waals surface area (Å²) in [7, 11) is 0. The van der Waals surface area contributed by atoms with Crippen molar-refractivity contribution in [2.45, 2.75) is 25.8 Å². The van der Waals surface area contributed by atoms with E-state index in [0.29, 0.717) is 17.8 Å². The van der Waals surface area contributed by atoms with Gasteiger partial charge in [0.05, 0.1) is 12.1 Å². The van der Waals surface area contributed by atoms with Crippen LogP contribution in [0.2, 0.25) is 0 Å². The SMILES string of the molecule is CC(=O)c1cc(NC(=O)C2CC2c2ccccc2)cc2c1ccn2CCO. The Kier molecular flexibility index (Phi) is 4.54. The first-order valence-electron chi connectivity index (χ1n) is 9.19. The monoisotopic (exact) mass is 362 g/mol. The van der Waals surface area contributed by atoms with E-state index in [2.05, 4.69) is 17.4 Å². The van der Waals surface area contributed by atoms with Crippen LogP contribution < -0.4 is 5.32 Å². The molecule has 2 N–H and O–H groups in total. The number of nitrogens with one attached hydrogen (secondary N) is 1. The zero-order valence-corrected chi connectivity index (χ0v) is 15.2. The van der Waals surface area contributed by atoms with Gasteiger partial charge in [0.1, 0.15) is 0 Å². The van der Waals surface area contributed by atoms with Crippen LogP contribution in [0.5, 0.6) is 0 Å². The second kappa shape index (κ2) is 7.00. The lowest BCUT2D eigenvalue weighted by molar-refractivity contribution is -0.117. The minimum atomic E-state index is -0.0496. The summed E-state index contributed by atoms with van der Waals surface area (Å²) in [6.45, 7) is 1.98. The molecular formula is C22H22N2O3. The standard InChI is InChI=1S/C22H22N2O3/c1-14(26)18-11-16(12-21-17(18)7-8-24(21)9-10-25)23-22(27)20-13-19(20)15-5-3-2-4-6-15/h2-8,11-12,19-20,25H,9-10,13H2,1H3,(H,23,27). The normalized spacial score (nSPS) is 18.4. The molecule has 27 heavy (non-hydrogen) atoms. The largest absolute Gasteiger partial charge is 0.395 e. The highest BCUT2D eigenvalue weighted by Gasteiger charge is 2.43. The van der Waals surface area contributed by atoms with E-state index in [0.717, 1.165) is 17.3 Å². The van der Waals surface area contributed by atoms with E-state index in [1.165, 1.54) is 12.5 Å².